The second-order valence-electron chi connectivity index (χ2n) is 9.45. The number of halogens is 1. The van der Waals surface area contributed by atoms with Gasteiger partial charge < -0.3 is 25.3 Å². The molecule has 0 bridgehead atoms. The molecule has 6 rings (SSSR count). The minimum absolute atomic E-state index is 0.0356. The van der Waals surface area contributed by atoms with Crippen LogP contribution < -0.4 is 16.1 Å². The van der Waals surface area contributed by atoms with E-state index < -0.39 is 6.10 Å². The summed E-state index contributed by atoms with van der Waals surface area (Å²) in [6.45, 7) is 2.38. The average Bonchev–Trinajstić information content (AvgIpc) is 3.49. The minimum atomic E-state index is -0.566. The number of pyridine rings is 1. The van der Waals surface area contributed by atoms with Gasteiger partial charge >= 0.3 is 0 Å². The molecule has 0 unspecified atom stereocenters. The summed E-state index contributed by atoms with van der Waals surface area (Å²) in [4.78, 5) is 16.2. The van der Waals surface area contributed by atoms with E-state index in [-0.39, 0.29) is 23.8 Å². The first kappa shape index (κ1) is 25.1. The number of hydrogen-bond donors (Lipinski definition) is 5. The van der Waals surface area contributed by atoms with Crippen molar-refractivity contribution in [1.82, 2.24) is 29.7 Å². The van der Waals surface area contributed by atoms with Crippen molar-refractivity contribution in [2.75, 3.05) is 12.3 Å². The van der Waals surface area contributed by atoms with Crippen LogP contribution in [0.25, 0.3) is 39.2 Å². The van der Waals surface area contributed by atoms with E-state index in [9.17, 15) is 5.11 Å². The number of imidazole rings is 1. The monoisotopic (exact) mass is 546 g/mol. The Labute approximate surface area is 228 Å². The maximum Gasteiger partial charge on any atom is 0.296 e. The van der Waals surface area contributed by atoms with Gasteiger partial charge in [-0.2, -0.15) is 9.97 Å². The van der Waals surface area contributed by atoms with Crippen LogP contribution in [0.3, 0.4) is 0 Å². The van der Waals surface area contributed by atoms with Gasteiger partial charge in [0.05, 0.1) is 40.7 Å². The van der Waals surface area contributed by atoms with Gasteiger partial charge in [-0.25, -0.2) is 9.67 Å². The van der Waals surface area contributed by atoms with Gasteiger partial charge in [0.2, 0.25) is 11.6 Å². The van der Waals surface area contributed by atoms with Gasteiger partial charge in [0, 0.05) is 12.0 Å². The lowest BCUT2D eigenvalue weighted by Gasteiger charge is -2.32. The van der Waals surface area contributed by atoms with Crippen LogP contribution in [0.5, 0.6) is 6.01 Å². The number of rotatable bonds is 6. The van der Waals surface area contributed by atoms with Crippen LogP contribution in [0.1, 0.15) is 19.8 Å². The lowest BCUT2D eigenvalue weighted by Crippen LogP contribution is -2.43. The van der Waals surface area contributed by atoms with Gasteiger partial charge in [0.1, 0.15) is 6.10 Å². The summed E-state index contributed by atoms with van der Waals surface area (Å²) in [7, 11) is 0. The van der Waals surface area contributed by atoms with E-state index in [1.165, 1.54) is 4.68 Å². The summed E-state index contributed by atoms with van der Waals surface area (Å²) >= 11 is 6.60. The summed E-state index contributed by atoms with van der Waals surface area (Å²) in [6, 6.07) is 17.7. The molecule has 1 saturated heterocycles. The Morgan fingerprint density at radius 1 is 1.10 bits per heavy atom. The number of aromatic nitrogens is 6. The molecule has 200 valence electrons. The molecule has 0 spiro atoms. The molecule has 3 aromatic heterocycles. The van der Waals surface area contributed by atoms with E-state index in [0.29, 0.717) is 40.9 Å². The van der Waals surface area contributed by atoms with E-state index >= 15 is 0 Å². The van der Waals surface area contributed by atoms with E-state index in [4.69, 9.17) is 32.2 Å². The topological polar surface area (TPSA) is 164 Å². The van der Waals surface area contributed by atoms with Gasteiger partial charge in [-0.15, -0.1) is 0 Å². The number of nitrogens with two attached hydrogens (primary N) is 1. The van der Waals surface area contributed by atoms with Crippen molar-refractivity contribution in [3.8, 4) is 34.1 Å². The predicted molar refractivity (Wildman–Crippen MR) is 147 cm³/mol. The van der Waals surface area contributed by atoms with Crippen molar-refractivity contribution in [3.63, 3.8) is 0 Å². The van der Waals surface area contributed by atoms with Crippen molar-refractivity contribution in [3.05, 3.63) is 65.2 Å². The van der Waals surface area contributed by atoms with Gasteiger partial charge in [-0.1, -0.05) is 54.9 Å². The first-order valence-corrected chi connectivity index (χ1v) is 13.0. The molecule has 1 aliphatic rings. The SMILES string of the molecule is CC[C@H]1OC[C@H](Oc2nc3nc(-c4ccc(-c5ccc(-n6[nH]c(N)nc6=N)cc5)cc4)c(Cl)cc3[nH]2)C[C@@H]1O. The number of hydrogen-bond acceptors (Lipinski definition) is 8. The molecule has 39 heavy (non-hydrogen) atoms. The molecule has 4 heterocycles. The maximum atomic E-state index is 10.2. The standard InChI is InChI=1S/C27H27ClN8O3/c1-2-22-21(37)11-18(13-38-22)39-27-31-20-12-19(28)23(32-24(20)33-27)16-5-3-14(4-6-16)15-7-9-17(10-8-15)36-26(30)34-25(29)35-36/h3-10,12,18,21-22,37H,2,11,13H2,1H3,(H,31,32,33)(H4,29,30,34,35)/t18-,21+,22-/m1/s1. The maximum absolute atomic E-state index is 10.2. The quantitative estimate of drug-likeness (QED) is 0.216. The number of nitrogens with zero attached hydrogens (tertiary/aromatic N) is 4. The molecule has 0 aliphatic carbocycles. The summed E-state index contributed by atoms with van der Waals surface area (Å²) in [6.07, 6.45) is 0.207. The van der Waals surface area contributed by atoms with Crippen LogP contribution in [0.2, 0.25) is 5.02 Å². The molecule has 0 amide bonds. The number of aliphatic hydroxyl groups excluding tert-OH is 1. The summed E-state index contributed by atoms with van der Waals surface area (Å²) in [5.41, 5.74) is 11.1. The lowest BCUT2D eigenvalue weighted by molar-refractivity contribution is -0.118. The molecule has 6 N–H and O–H groups in total. The molecule has 0 radical (unpaired) electrons. The van der Waals surface area contributed by atoms with E-state index in [0.717, 1.165) is 28.8 Å². The third-order valence-electron chi connectivity index (χ3n) is 6.80. The highest BCUT2D eigenvalue weighted by Gasteiger charge is 2.30. The van der Waals surface area contributed by atoms with Crippen molar-refractivity contribution < 1.29 is 14.6 Å². The number of fused-ring (bicyclic) bond motifs is 1. The van der Waals surface area contributed by atoms with E-state index in [1.807, 2.05) is 55.5 Å². The number of nitrogen functional groups attached to an aromatic ring is 1. The molecular formula is C27H27ClN8O3. The molecule has 2 aromatic carbocycles. The van der Waals surface area contributed by atoms with Crippen LogP contribution in [-0.2, 0) is 4.74 Å². The second kappa shape index (κ2) is 10.2. The lowest BCUT2D eigenvalue weighted by atomic mass is 10.0. The van der Waals surface area contributed by atoms with Crippen molar-refractivity contribution in [2.24, 2.45) is 0 Å². The van der Waals surface area contributed by atoms with Gasteiger partial charge in [-0.3, -0.25) is 10.5 Å². The van der Waals surface area contributed by atoms with Crippen molar-refractivity contribution in [2.45, 2.75) is 38.1 Å². The number of ether oxygens (including phenoxy) is 2. The zero-order valence-corrected chi connectivity index (χ0v) is 21.8. The second-order valence-corrected chi connectivity index (χ2v) is 9.85. The van der Waals surface area contributed by atoms with Crippen LogP contribution in [-0.4, -0.2) is 59.7 Å². The smallest absolute Gasteiger partial charge is 0.296 e. The summed E-state index contributed by atoms with van der Waals surface area (Å²) in [5, 5.41) is 21.5. The number of nitrogens with one attached hydrogen (secondary N) is 3. The highest BCUT2D eigenvalue weighted by Crippen LogP contribution is 2.32. The Bertz CT molecular complexity index is 1680. The van der Waals surface area contributed by atoms with Gasteiger partial charge in [-0.05, 0) is 35.7 Å². The van der Waals surface area contributed by atoms with Gasteiger partial charge in [0.15, 0.2) is 5.65 Å². The predicted octanol–water partition coefficient (Wildman–Crippen LogP) is 3.83. The molecule has 5 aromatic rings. The Hall–Kier alpha value is -4.19. The Morgan fingerprint density at radius 3 is 2.44 bits per heavy atom. The Kier molecular flexibility index (Phi) is 6.55. The fraction of sp³-hybridized carbons (Fsp3) is 0.259. The summed E-state index contributed by atoms with van der Waals surface area (Å²) in [5.74, 6) is 0.187. The summed E-state index contributed by atoms with van der Waals surface area (Å²) < 4.78 is 13.1. The first-order valence-electron chi connectivity index (χ1n) is 12.6. The zero-order chi connectivity index (χ0) is 27.1. The van der Waals surface area contributed by atoms with Crippen molar-refractivity contribution in [1.29, 1.82) is 5.41 Å². The van der Waals surface area contributed by atoms with E-state index in [1.54, 1.807) is 6.07 Å². The molecule has 1 fully saturated rings. The fourth-order valence-corrected chi connectivity index (χ4v) is 5.04. The van der Waals surface area contributed by atoms with Crippen LogP contribution >= 0.6 is 11.6 Å². The van der Waals surface area contributed by atoms with Crippen LogP contribution in [0, 0.1) is 5.41 Å². The largest absolute Gasteiger partial charge is 0.459 e. The van der Waals surface area contributed by atoms with Gasteiger partial charge in [0.25, 0.3) is 6.01 Å². The molecule has 0 saturated carbocycles. The third kappa shape index (κ3) is 4.99. The highest BCUT2D eigenvalue weighted by molar-refractivity contribution is 6.33. The van der Waals surface area contributed by atoms with E-state index in [2.05, 4.69) is 25.0 Å². The molecule has 1 aliphatic heterocycles. The number of aromatic amines is 2. The highest BCUT2D eigenvalue weighted by atomic mass is 35.5. The fourth-order valence-electron chi connectivity index (χ4n) is 4.78. The third-order valence-corrected chi connectivity index (χ3v) is 7.09. The molecular weight excluding hydrogens is 520 g/mol. The first-order chi connectivity index (χ1) is 18.9. The van der Waals surface area contributed by atoms with Crippen molar-refractivity contribution >= 4 is 28.7 Å². The molecule has 3 atom stereocenters. The normalized spacial score (nSPS) is 19.4. The number of H-pyrrole nitrogens is 2. The number of anilines is 1. The number of benzene rings is 2. The number of aliphatic hydroxyl groups is 1. The van der Waals surface area contributed by atoms with Crippen LogP contribution in [0.4, 0.5) is 5.95 Å². The molecule has 11 nitrogen and oxygen atoms in total. The Balaban J connectivity index is 1.20. The zero-order valence-electron chi connectivity index (χ0n) is 21.1. The minimum Gasteiger partial charge on any atom is -0.459 e. The molecule has 12 heteroatoms. The van der Waals surface area contributed by atoms with Crippen LogP contribution in [0.15, 0.2) is 54.6 Å². The Morgan fingerprint density at radius 2 is 1.79 bits per heavy atom. The average molecular weight is 547 g/mol.